The summed E-state index contributed by atoms with van der Waals surface area (Å²) in [6, 6.07) is 5.67. The Hall–Kier alpha value is -1.71. The first-order chi connectivity index (χ1) is 5.88. The Kier molecular flexibility index (Phi) is 1.59. The maximum absolute atomic E-state index is 4.14. The molecule has 2 aromatic heterocycles. The summed E-state index contributed by atoms with van der Waals surface area (Å²) in [5.74, 6) is 0.732. The van der Waals surface area contributed by atoms with Crippen LogP contribution in [0.4, 0.5) is 0 Å². The minimum Gasteiger partial charge on any atom is -0.306 e. The summed E-state index contributed by atoms with van der Waals surface area (Å²) in [6.07, 6.45) is 4.41. The molecule has 0 spiro atoms. The zero-order chi connectivity index (χ0) is 8.39. The van der Waals surface area contributed by atoms with E-state index in [-0.39, 0.29) is 0 Å². The van der Waals surface area contributed by atoms with Crippen LogP contribution in [0.5, 0.6) is 0 Å². The molecule has 0 aliphatic rings. The molecule has 0 fully saturated rings. The van der Waals surface area contributed by atoms with E-state index in [1.807, 2.05) is 25.2 Å². The summed E-state index contributed by atoms with van der Waals surface area (Å²) in [7, 11) is 1.84. The molecule has 4 nitrogen and oxygen atoms in total. The summed E-state index contributed by atoms with van der Waals surface area (Å²) in [5, 5.41) is 7.53. The minimum absolute atomic E-state index is 0.732. The van der Waals surface area contributed by atoms with Crippen molar-refractivity contribution in [2.75, 3.05) is 0 Å². The minimum atomic E-state index is 0.732. The van der Waals surface area contributed by atoms with Crippen LogP contribution in [0.25, 0.3) is 11.5 Å². The summed E-state index contributed by atoms with van der Waals surface area (Å²) in [4.78, 5) is 4.14. The average Bonchev–Trinajstić information content (AvgIpc) is 2.53. The Balaban J connectivity index is 2.51. The second-order valence-electron chi connectivity index (χ2n) is 2.40. The van der Waals surface area contributed by atoms with Crippen molar-refractivity contribution in [3.63, 3.8) is 0 Å². The SMILES string of the molecule is Cn1[c]nnc1-c1ccccn1. The molecular weight excluding hydrogens is 152 g/mol. The van der Waals surface area contributed by atoms with Crippen molar-refractivity contribution in [3.8, 4) is 11.5 Å². The van der Waals surface area contributed by atoms with Gasteiger partial charge >= 0.3 is 0 Å². The third-order valence-corrected chi connectivity index (χ3v) is 1.55. The maximum Gasteiger partial charge on any atom is 0.202 e. The molecule has 0 amide bonds. The Morgan fingerprint density at radius 1 is 1.42 bits per heavy atom. The highest BCUT2D eigenvalue weighted by Crippen LogP contribution is 2.09. The highest BCUT2D eigenvalue weighted by molar-refractivity contribution is 5.47. The molecule has 0 aliphatic heterocycles. The van der Waals surface area contributed by atoms with E-state index in [0.717, 1.165) is 11.5 Å². The van der Waals surface area contributed by atoms with Gasteiger partial charge in [-0.3, -0.25) is 4.98 Å². The van der Waals surface area contributed by atoms with Crippen LogP contribution >= 0.6 is 0 Å². The number of aromatic nitrogens is 4. The van der Waals surface area contributed by atoms with Crippen LogP contribution < -0.4 is 0 Å². The number of aryl methyl sites for hydroxylation is 1. The summed E-state index contributed by atoms with van der Waals surface area (Å²) in [5.41, 5.74) is 0.814. The molecular formula is C8H7N4. The number of pyridine rings is 1. The Bertz CT molecular complexity index is 366. The van der Waals surface area contributed by atoms with Crippen LogP contribution in [0.3, 0.4) is 0 Å². The summed E-state index contributed by atoms with van der Waals surface area (Å²) < 4.78 is 1.71. The van der Waals surface area contributed by atoms with Crippen LogP contribution in [0, 0.1) is 6.33 Å². The molecule has 2 rings (SSSR count). The van der Waals surface area contributed by atoms with E-state index in [0.29, 0.717) is 0 Å². The van der Waals surface area contributed by atoms with E-state index >= 15 is 0 Å². The lowest BCUT2D eigenvalue weighted by molar-refractivity contribution is 0.904. The third kappa shape index (κ3) is 1.07. The first-order valence-electron chi connectivity index (χ1n) is 3.56. The predicted octanol–water partition coefficient (Wildman–Crippen LogP) is 0.677. The molecule has 1 radical (unpaired) electrons. The van der Waals surface area contributed by atoms with Gasteiger partial charge in [0.15, 0.2) is 5.82 Å². The molecule has 0 unspecified atom stereocenters. The fourth-order valence-corrected chi connectivity index (χ4v) is 0.969. The lowest BCUT2D eigenvalue weighted by Crippen LogP contribution is -1.92. The number of rotatable bonds is 1. The zero-order valence-electron chi connectivity index (χ0n) is 6.60. The summed E-state index contributed by atoms with van der Waals surface area (Å²) >= 11 is 0. The van der Waals surface area contributed by atoms with Gasteiger partial charge in [0.2, 0.25) is 6.33 Å². The smallest absolute Gasteiger partial charge is 0.202 e. The van der Waals surface area contributed by atoms with Crippen molar-refractivity contribution in [2.45, 2.75) is 0 Å². The number of nitrogens with zero attached hydrogens (tertiary/aromatic N) is 4. The van der Waals surface area contributed by atoms with Crippen molar-refractivity contribution >= 4 is 0 Å². The standard InChI is InChI=1S/C8H7N4/c1-12-6-10-11-8(12)7-4-2-3-5-9-7/h2-5H,1H3. The van der Waals surface area contributed by atoms with Crippen LogP contribution in [0.1, 0.15) is 0 Å². The van der Waals surface area contributed by atoms with Crippen LogP contribution in [-0.2, 0) is 7.05 Å². The van der Waals surface area contributed by atoms with E-state index in [9.17, 15) is 0 Å². The number of hydrogen-bond acceptors (Lipinski definition) is 3. The molecule has 12 heavy (non-hydrogen) atoms. The second kappa shape index (κ2) is 2.73. The molecule has 4 heteroatoms. The lowest BCUT2D eigenvalue weighted by atomic mass is 10.3. The second-order valence-corrected chi connectivity index (χ2v) is 2.40. The van der Waals surface area contributed by atoms with Gasteiger partial charge in [0.05, 0.1) is 0 Å². The molecule has 0 aromatic carbocycles. The van der Waals surface area contributed by atoms with Crippen molar-refractivity contribution < 1.29 is 0 Å². The van der Waals surface area contributed by atoms with Gasteiger partial charge in [-0.2, -0.15) is 0 Å². The van der Waals surface area contributed by atoms with Gasteiger partial charge < -0.3 is 4.57 Å². The van der Waals surface area contributed by atoms with Gasteiger partial charge in [0.1, 0.15) is 5.69 Å². The fourth-order valence-electron chi connectivity index (χ4n) is 0.969. The maximum atomic E-state index is 4.14. The van der Waals surface area contributed by atoms with Crippen molar-refractivity contribution in [3.05, 3.63) is 30.7 Å². The Morgan fingerprint density at radius 2 is 2.33 bits per heavy atom. The highest BCUT2D eigenvalue weighted by Gasteiger charge is 2.03. The fraction of sp³-hybridized carbons (Fsp3) is 0.125. The first-order valence-corrected chi connectivity index (χ1v) is 3.56. The van der Waals surface area contributed by atoms with Gasteiger partial charge in [-0.25, -0.2) is 0 Å². The van der Waals surface area contributed by atoms with Gasteiger partial charge in [0.25, 0.3) is 0 Å². The molecule has 0 atom stereocenters. The van der Waals surface area contributed by atoms with Gasteiger partial charge in [-0.1, -0.05) is 6.07 Å². The zero-order valence-corrected chi connectivity index (χ0v) is 6.60. The normalized spacial score (nSPS) is 10.1. The molecule has 0 saturated heterocycles. The van der Waals surface area contributed by atoms with E-state index in [2.05, 4.69) is 21.5 Å². The first kappa shape index (κ1) is 6.97. The van der Waals surface area contributed by atoms with Crippen LogP contribution in [0.15, 0.2) is 24.4 Å². The molecule has 2 aromatic rings. The third-order valence-electron chi connectivity index (χ3n) is 1.55. The van der Waals surface area contributed by atoms with Crippen LogP contribution in [-0.4, -0.2) is 19.7 Å². The highest BCUT2D eigenvalue weighted by atomic mass is 15.3. The quantitative estimate of drug-likeness (QED) is 0.614. The molecule has 59 valence electrons. The lowest BCUT2D eigenvalue weighted by Gasteiger charge is -1.96. The van der Waals surface area contributed by atoms with Gasteiger partial charge in [-0.15, -0.1) is 10.2 Å². The summed E-state index contributed by atoms with van der Waals surface area (Å²) in [6.45, 7) is 0. The van der Waals surface area contributed by atoms with Crippen molar-refractivity contribution in [2.24, 2.45) is 7.05 Å². The predicted molar refractivity (Wildman–Crippen MR) is 43.1 cm³/mol. The van der Waals surface area contributed by atoms with Gasteiger partial charge in [0, 0.05) is 13.2 Å². The topological polar surface area (TPSA) is 43.6 Å². The Morgan fingerprint density at radius 3 is 2.92 bits per heavy atom. The van der Waals surface area contributed by atoms with Gasteiger partial charge in [-0.05, 0) is 12.1 Å². The molecule has 0 saturated carbocycles. The molecule has 0 bridgehead atoms. The average molecular weight is 159 g/mol. The van der Waals surface area contributed by atoms with Crippen molar-refractivity contribution in [1.82, 2.24) is 19.7 Å². The Labute approximate surface area is 69.9 Å². The number of hydrogen-bond donors (Lipinski definition) is 0. The van der Waals surface area contributed by atoms with E-state index in [4.69, 9.17) is 0 Å². The largest absolute Gasteiger partial charge is 0.306 e. The van der Waals surface area contributed by atoms with Crippen molar-refractivity contribution in [1.29, 1.82) is 0 Å². The molecule has 0 aliphatic carbocycles. The molecule has 0 N–H and O–H groups in total. The van der Waals surface area contributed by atoms with Crippen LogP contribution in [0.2, 0.25) is 0 Å². The molecule has 2 heterocycles. The van der Waals surface area contributed by atoms with E-state index in [1.165, 1.54) is 0 Å². The van der Waals surface area contributed by atoms with E-state index < -0.39 is 0 Å². The van der Waals surface area contributed by atoms with E-state index in [1.54, 1.807) is 10.8 Å². The monoisotopic (exact) mass is 159 g/mol.